The molecule has 1 fully saturated rings. The van der Waals surface area contributed by atoms with E-state index < -0.39 is 37.1 Å². The minimum atomic E-state index is -1.48. The standard InChI is InChI=1S/C22H22N2O6/c25-11-17-18(26)19(27)20(28)21(30-17)13-3-1-4-14(9-13)22(29)24-15-6-7-16-12(10-15)5-2-8-23-16/h1-10,17-21,25-28H,11H2,(H,24,29). The summed E-state index contributed by atoms with van der Waals surface area (Å²) in [6, 6.07) is 15.6. The summed E-state index contributed by atoms with van der Waals surface area (Å²) in [5, 5.41) is 43.4. The van der Waals surface area contributed by atoms with Gasteiger partial charge in [0.25, 0.3) is 5.91 Å². The Morgan fingerprint density at radius 2 is 1.83 bits per heavy atom. The van der Waals surface area contributed by atoms with Gasteiger partial charge in [0.2, 0.25) is 0 Å². The van der Waals surface area contributed by atoms with Crippen molar-refractivity contribution < 1.29 is 30.0 Å². The van der Waals surface area contributed by atoms with Gasteiger partial charge in [-0.15, -0.1) is 0 Å². The van der Waals surface area contributed by atoms with Gasteiger partial charge in [-0.1, -0.05) is 18.2 Å². The molecule has 1 amide bonds. The van der Waals surface area contributed by atoms with Crippen LogP contribution in [0.5, 0.6) is 0 Å². The first-order valence-electron chi connectivity index (χ1n) is 9.54. The molecule has 4 rings (SSSR count). The number of anilines is 1. The van der Waals surface area contributed by atoms with Crippen LogP contribution >= 0.6 is 0 Å². The molecular formula is C22H22N2O6. The molecule has 8 heteroatoms. The maximum atomic E-state index is 12.7. The molecule has 0 saturated carbocycles. The fourth-order valence-electron chi connectivity index (χ4n) is 3.59. The van der Waals surface area contributed by atoms with E-state index in [1.807, 2.05) is 24.3 Å². The first kappa shape index (κ1) is 20.4. The summed E-state index contributed by atoms with van der Waals surface area (Å²) in [5.74, 6) is -0.357. The Hall–Kier alpha value is -2.88. The number of benzene rings is 2. The van der Waals surface area contributed by atoms with Crippen LogP contribution in [0.25, 0.3) is 10.9 Å². The Labute approximate surface area is 172 Å². The number of ether oxygens (including phenoxy) is 1. The van der Waals surface area contributed by atoms with Crippen molar-refractivity contribution in [3.8, 4) is 0 Å². The second kappa shape index (κ2) is 8.47. The fraction of sp³-hybridized carbons (Fsp3) is 0.273. The summed E-state index contributed by atoms with van der Waals surface area (Å²) in [5.41, 5.74) is 2.21. The van der Waals surface area contributed by atoms with Gasteiger partial charge < -0.3 is 30.5 Å². The van der Waals surface area contributed by atoms with Gasteiger partial charge in [-0.3, -0.25) is 9.78 Å². The highest BCUT2D eigenvalue weighted by molar-refractivity contribution is 6.05. The number of aromatic nitrogens is 1. The number of rotatable bonds is 4. The second-order valence-corrected chi connectivity index (χ2v) is 7.24. The second-order valence-electron chi connectivity index (χ2n) is 7.24. The van der Waals surface area contributed by atoms with E-state index >= 15 is 0 Å². The molecule has 5 atom stereocenters. The van der Waals surface area contributed by atoms with Crippen LogP contribution in [0.4, 0.5) is 5.69 Å². The lowest BCUT2D eigenvalue weighted by atomic mass is 9.90. The molecule has 1 aliphatic heterocycles. The lowest BCUT2D eigenvalue weighted by Gasteiger charge is -2.40. The van der Waals surface area contributed by atoms with Crippen LogP contribution in [-0.4, -0.2) is 62.3 Å². The number of pyridine rings is 1. The van der Waals surface area contributed by atoms with E-state index in [1.54, 1.807) is 36.5 Å². The van der Waals surface area contributed by atoms with Gasteiger partial charge in [0, 0.05) is 22.8 Å². The number of nitrogens with zero attached hydrogens (tertiary/aromatic N) is 1. The number of fused-ring (bicyclic) bond motifs is 1. The van der Waals surface area contributed by atoms with Crippen LogP contribution in [-0.2, 0) is 4.74 Å². The Balaban J connectivity index is 1.55. The molecule has 0 bridgehead atoms. The summed E-state index contributed by atoms with van der Waals surface area (Å²) in [4.78, 5) is 17.0. The van der Waals surface area contributed by atoms with Crippen molar-refractivity contribution in [1.29, 1.82) is 0 Å². The Morgan fingerprint density at radius 3 is 2.63 bits per heavy atom. The number of hydrogen-bond donors (Lipinski definition) is 5. The van der Waals surface area contributed by atoms with Gasteiger partial charge in [0.05, 0.1) is 12.1 Å². The molecule has 2 aromatic carbocycles. The van der Waals surface area contributed by atoms with Gasteiger partial charge in [0.1, 0.15) is 30.5 Å². The van der Waals surface area contributed by atoms with Crippen LogP contribution in [0.1, 0.15) is 22.0 Å². The van der Waals surface area contributed by atoms with E-state index in [4.69, 9.17) is 4.74 Å². The monoisotopic (exact) mass is 410 g/mol. The quantitative estimate of drug-likeness (QED) is 0.433. The van der Waals surface area contributed by atoms with E-state index in [0.717, 1.165) is 10.9 Å². The Bertz CT molecular complexity index is 1060. The number of nitrogens with one attached hydrogen (secondary N) is 1. The summed E-state index contributed by atoms with van der Waals surface area (Å²) in [6.45, 7) is -0.515. The molecule has 1 saturated heterocycles. The molecule has 1 aromatic heterocycles. The van der Waals surface area contributed by atoms with Crippen LogP contribution < -0.4 is 5.32 Å². The maximum Gasteiger partial charge on any atom is 0.255 e. The molecule has 0 spiro atoms. The smallest absolute Gasteiger partial charge is 0.255 e. The predicted octanol–water partition coefficient (Wildman–Crippen LogP) is 1.00. The van der Waals surface area contributed by atoms with E-state index in [-0.39, 0.29) is 5.91 Å². The van der Waals surface area contributed by atoms with Crippen molar-refractivity contribution in [2.24, 2.45) is 0 Å². The highest BCUT2D eigenvalue weighted by Crippen LogP contribution is 2.32. The average Bonchev–Trinajstić information content (AvgIpc) is 2.78. The molecular weight excluding hydrogens is 388 g/mol. The number of aliphatic hydroxyl groups is 4. The predicted molar refractivity (Wildman–Crippen MR) is 109 cm³/mol. The maximum absolute atomic E-state index is 12.7. The minimum Gasteiger partial charge on any atom is -0.394 e. The third-order valence-electron chi connectivity index (χ3n) is 5.23. The van der Waals surface area contributed by atoms with Crippen molar-refractivity contribution in [1.82, 2.24) is 4.98 Å². The number of hydrogen-bond acceptors (Lipinski definition) is 7. The molecule has 156 valence electrons. The third kappa shape index (κ3) is 3.91. The number of carbonyl (C=O) groups excluding carboxylic acids is 1. The third-order valence-corrected chi connectivity index (χ3v) is 5.23. The highest BCUT2D eigenvalue weighted by atomic mass is 16.5. The van der Waals surface area contributed by atoms with Crippen molar-refractivity contribution >= 4 is 22.5 Å². The van der Waals surface area contributed by atoms with E-state index in [2.05, 4.69) is 10.3 Å². The lowest BCUT2D eigenvalue weighted by molar-refractivity contribution is -0.231. The van der Waals surface area contributed by atoms with Gasteiger partial charge >= 0.3 is 0 Å². The summed E-state index contributed by atoms with van der Waals surface area (Å²) < 4.78 is 5.57. The molecule has 0 aliphatic carbocycles. The van der Waals surface area contributed by atoms with Gasteiger partial charge in [-0.2, -0.15) is 0 Å². The van der Waals surface area contributed by atoms with Crippen LogP contribution in [0, 0.1) is 0 Å². The van der Waals surface area contributed by atoms with Gasteiger partial charge in [0.15, 0.2) is 0 Å². The van der Waals surface area contributed by atoms with Gasteiger partial charge in [-0.05, 0) is 42.0 Å². The van der Waals surface area contributed by atoms with Crippen molar-refractivity contribution in [3.63, 3.8) is 0 Å². The zero-order valence-electron chi connectivity index (χ0n) is 15.9. The van der Waals surface area contributed by atoms with Crippen LogP contribution in [0.15, 0.2) is 60.8 Å². The summed E-state index contributed by atoms with van der Waals surface area (Å²) >= 11 is 0. The zero-order chi connectivity index (χ0) is 21.3. The van der Waals surface area contributed by atoms with E-state index in [0.29, 0.717) is 16.8 Å². The largest absolute Gasteiger partial charge is 0.394 e. The molecule has 8 nitrogen and oxygen atoms in total. The minimum absolute atomic E-state index is 0.329. The molecule has 3 aromatic rings. The lowest BCUT2D eigenvalue weighted by Crippen LogP contribution is -2.55. The van der Waals surface area contributed by atoms with Crippen molar-refractivity contribution in [2.75, 3.05) is 11.9 Å². The van der Waals surface area contributed by atoms with Gasteiger partial charge in [-0.25, -0.2) is 0 Å². The summed E-state index contributed by atoms with van der Waals surface area (Å²) in [7, 11) is 0. The van der Waals surface area contributed by atoms with E-state index in [9.17, 15) is 25.2 Å². The van der Waals surface area contributed by atoms with Crippen LogP contribution in [0.2, 0.25) is 0 Å². The van der Waals surface area contributed by atoms with Crippen molar-refractivity contribution in [3.05, 3.63) is 71.9 Å². The Morgan fingerprint density at radius 1 is 1.00 bits per heavy atom. The fourth-order valence-corrected chi connectivity index (χ4v) is 3.59. The first-order chi connectivity index (χ1) is 14.5. The average molecular weight is 410 g/mol. The SMILES string of the molecule is O=C(Nc1ccc2ncccc2c1)c1cccc(C2OC(CO)C(O)C(O)C2O)c1. The summed E-state index contributed by atoms with van der Waals surface area (Å²) in [6.07, 6.45) is -4.64. The zero-order valence-corrected chi connectivity index (χ0v) is 15.9. The molecule has 1 aliphatic rings. The van der Waals surface area contributed by atoms with Crippen LogP contribution in [0.3, 0.4) is 0 Å². The Kier molecular flexibility index (Phi) is 5.76. The van der Waals surface area contributed by atoms with Crippen molar-refractivity contribution in [2.45, 2.75) is 30.5 Å². The topological polar surface area (TPSA) is 132 Å². The normalized spacial score (nSPS) is 26.5. The molecule has 5 N–H and O–H groups in total. The number of aliphatic hydroxyl groups excluding tert-OH is 4. The molecule has 0 radical (unpaired) electrons. The number of carbonyl (C=O) groups is 1. The number of amides is 1. The molecule has 5 unspecified atom stereocenters. The molecule has 30 heavy (non-hydrogen) atoms. The molecule has 2 heterocycles. The first-order valence-corrected chi connectivity index (χ1v) is 9.54. The highest BCUT2D eigenvalue weighted by Gasteiger charge is 2.44. The van der Waals surface area contributed by atoms with E-state index in [1.165, 1.54) is 0 Å².